The van der Waals surface area contributed by atoms with Gasteiger partial charge in [0.05, 0.1) is 0 Å². The van der Waals surface area contributed by atoms with E-state index in [1.54, 1.807) is 19.2 Å². The van der Waals surface area contributed by atoms with Crippen LogP contribution in [0.15, 0.2) is 72.8 Å². The lowest BCUT2D eigenvalue weighted by Gasteiger charge is -2.31. The third kappa shape index (κ3) is 6.91. The lowest BCUT2D eigenvalue weighted by Crippen LogP contribution is -2.51. The fourth-order valence-corrected chi connectivity index (χ4v) is 3.75. The molecule has 6 heteroatoms. The normalized spacial score (nSPS) is 11.5. The van der Waals surface area contributed by atoms with Gasteiger partial charge in [-0.25, -0.2) is 4.39 Å². The van der Waals surface area contributed by atoms with E-state index in [1.807, 2.05) is 62.4 Å². The minimum atomic E-state index is -0.752. The van der Waals surface area contributed by atoms with Crippen LogP contribution < -0.4 is 10.1 Å². The van der Waals surface area contributed by atoms with Gasteiger partial charge in [0.25, 0.3) is 5.91 Å². The zero-order chi connectivity index (χ0) is 23.8. The number of halogens is 1. The van der Waals surface area contributed by atoms with Gasteiger partial charge in [0.2, 0.25) is 5.91 Å². The van der Waals surface area contributed by atoms with Gasteiger partial charge >= 0.3 is 0 Å². The molecule has 1 atom stereocenters. The summed E-state index contributed by atoms with van der Waals surface area (Å²) in [5, 5.41) is 2.67. The second-order valence-corrected chi connectivity index (χ2v) is 8.08. The molecule has 0 saturated carbocycles. The number of carbonyl (C=O) groups excluding carboxylic acids is 2. The summed E-state index contributed by atoms with van der Waals surface area (Å²) in [4.78, 5) is 27.7. The average molecular weight is 449 g/mol. The predicted molar refractivity (Wildman–Crippen MR) is 126 cm³/mol. The van der Waals surface area contributed by atoms with Crippen LogP contribution in [0, 0.1) is 19.7 Å². The number of benzene rings is 3. The average Bonchev–Trinajstić information content (AvgIpc) is 2.80. The Hall–Kier alpha value is -3.67. The molecule has 0 radical (unpaired) electrons. The molecule has 5 nitrogen and oxygen atoms in total. The Kier molecular flexibility index (Phi) is 8.19. The van der Waals surface area contributed by atoms with Crippen molar-refractivity contribution in [2.24, 2.45) is 0 Å². The van der Waals surface area contributed by atoms with Crippen molar-refractivity contribution in [2.45, 2.75) is 32.9 Å². The monoisotopic (exact) mass is 448 g/mol. The van der Waals surface area contributed by atoms with Gasteiger partial charge in [-0.05, 0) is 60.4 Å². The molecular formula is C27H29FN2O3. The van der Waals surface area contributed by atoms with Gasteiger partial charge in [0.15, 0.2) is 6.61 Å². The molecule has 0 aliphatic rings. The van der Waals surface area contributed by atoms with Crippen molar-refractivity contribution in [3.05, 3.63) is 101 Å². The number of amides is 2. The van der Waals surface area contributed by atoms with Gasteiger partial charge in [0.1, 0.15) is 17.6 Å². The quantitative estimate of drug-likeness (QED) is 0.534. The van der Waals surface area contributed by atoms with Gasteiger partial charge < -0.3 is 15.0 Å². The van der Waals surface area contributed by atoms with Gasteiger partial charge in [-0.1, -0.05) is 48.5 Å². The van der Waals surface area contributed by atoms with Crippen LogP contribution in [0.5, 0.6) is 5.75 Å². The molecule has 0 spiro atoms. The first-order chi connectivity index (χ1) is 15.9. The maximum Gasteiger partial charge on any atom is 0.261 e. The zero-order valence-electron chi connectivity index (χ0n) is 19.2. The number of aryl methyl sites for hydroxylation is 2. The fraction of sp³-hybridized carbons (Fsp3) is 0.259. The molecule has 0 bridgehead atoms. The topological polar surface area (TPSA) is 58.6 Å². The maximum atomic E-state index is 13.4. The lowest BCUT2D eigenvalue weighted by molar-refractivity contribution is -0.142. The lowest BCUT2D eigenvalue weighted by atomic mass is 10.0. The van der Waals surface area contributed by atoms with Crippen molar-refractivity contribution in [3.63, 3.8) is 0 Å². The summed E-state index contributed by atoms with van der Waals surface area (Å²) < 4.78 is 19.2. The molecule has 0 aliphatic heterocycles. The van der Waals surface area contributed by atoms with Crippen LogP contribution in [-0.4, -0.2) is 36.4 Å². The van der Waals surface area contributed by atoms with E-state index < -0.39 is 6.04 Å². The molecule has 0 saturated heterocycles. The predicted octanol–water partition coefficient (Wildman–Crippen LogP) is 4.21. The second kappa shape index (κ2) is 11.3. The van der Waals surface area contributed by atoms with E-state index in [1.165, 1.54) is 17.0 Å². The molecule has 2 amide bonds. The fourth-order valence-electron chi connectivity index (χ4n) is 3.75. The summed E-state index contributed by atoms with van der Waals surface area (Å²) in [6, 6.07) is 20.4. The smallest absolute Gasteiger partial charge is 0.261 e. The summed E-state index contributed by atoms with van der Waals surface area (Å²) in [7, 11) is 1.55. The standard InChI is InChI=1S/C27H29FN2O3/c1-19-13-20(2)15-24(14-19)33-18-26(31)30(17-22-9-11-23(28)12-10-22)25(27(32)29-3)16-21-7-5-4-6-8-21/h4-15,25H,16-18H2,1-3H3,(H,29,32)/t25-/m1/s1. The Morgan fingerprint density at radius 3 is 2.18 bits per heavy atom. The van der Waals surface area contributed by atoms with E-state index in [-0.39, 0.29) is 30.8 Å². The highest BCUT2D eigenvalue weighted by Crippen LogP contribution is 2.18. The number of nitrogens with one attached hydrogen (secondary N) is 1. The molecule has 0 fully saturated rings. The van der Waals surface area contributed by atoms with Crippen molar-refractivity contribution < 1.29 is 18.7 Å². The van der Waals surface area contributed by atoms with E-state index in [0.29, 0.717) is 12.2 Å². The van der Waals surface area contributed by atoms with Crippen LogP contribution in [0.4, 0.5) is 4.39 Å². The number of rotatable bonds is 9. The van der Waals surface area contributed by atoms with Crippen molar-refractivity contribution in [1.82, 2.24) is 10.2 Å². The first kappa shape index (κ1) is 24.0. The SMILES string of the molecule is CNC(=O)[C@@H](Cc1ccccc1)N(Cc1ccc(F)cc1)C(=O)COc1cc(C)cc(C)c1. The minimum Gasteiger partial charge on any atom is -0.484 e. The van der Waals surface area contributed by atoms with Crippen LogP contribution in [0.1, 0.15) is 22.3 Å². The Morgan fingerprint density at radius 2 is 1.58 bits per heavy atom. The number of carbonyl (C=O) groups is 2. The summed E-state index contributed by atoms with van der Waals surface area (Å²) in [6.07, 6.45) is 0.344. The van der Waals surface area contributed by atoms with E-state index in [9.17, 15) is 14.0 Å². The molecule has 172 valence electrons. The summed E-state index contributed by atoms with van der Waals surface area (Å²) >= 11 is 0. The van der Waals surface area contributed by atoms with E-state index >= 15 is 0 Å². The molecule has 3 aromatic carbocycles. The molecule has 0 aromatic heterocycles. The molecule has 33 heavy (non-hydrogen) atoms. The zero-order valence-corrected chi connectivity index (χ0v) is 19.2. The first-order valence-corrected chi connectivity index (χ1v) is 10.9. The Labute approximate surface area is 194 Å². The third-order valence-electron chi connectivity index (χ3n) is 5.34. The Morgan fingerprint density at radius 1 is 0.939 bits per heavy atom. The molecule has 3 aromatic rings. The van der Waals surface area contributed by atoms with Crippen molar-refractivity contribution >= 4 is 11.8 Å². The van der Waals surface area contributed by atoms with Gasteiger partial charge in [0, 0.05) is 20.0 Å². The maximum absolute atomic E-state index is 13.4. The van der Waals surface area contributed by atoms with Crippen molar-refractivity contribution in [2.75, 3.05) is 13.7 Å². The van der Waals surface area contributed by atoms with Crippen LogP contribution in [0.3, 0.4) is 0 Å². The van der Waals surface area contributed by atoms with E-state index in [2.05, 4.69) is 5.32 Å². The second-order valence-electron chi connectivity index (χ2n) is 8.08. The molecule has 1 N–H and O–H groups in total. The van der Waals surface area contributed by atoms with Crippen molar-refractivity contribution in [3.8, 4) is 5.75 Å². The highest BCUT2D eigenvalue weighted by Gasteiger charge is 2.30. The van der Waals surface area contributed by atoms with Crippen LogP contribution >= 0.6 is 0 Å². The summed E-state index contributed by atoms with van der Waals surface area (Å²) in [5.74, 6) is -0.368. The molecule has 0 heterocycles. The van der Waals surface area contributed by atoms with Crippen molar-refractivity contribution in [1.29, 1.82) is 0 Å². The first-order valence-electron chi connectivity index (χ1n) is 10.9. The van der Waals surface area contributed by atoms with Crippen LogP contribution in [-0.2, 0) is 22.6 Å². The Balaban J connectivity index is 1.87. The summed E-state index contributed by atoms with van der Waals surface area (Å²) in [5.41, 5.74) is 3.72. The van der Waals surface area contributed by atoms with Gasteiger partial charge in [-0.3, -0.25) is 9.59 Å². The van der Waals surface area contributed by atoms with Gasteiger partial charge in [-0.2, -0.15) is 0 Å². The number of hydrogen-bond donors (Lipinski definition) is 1. The number of likely N-dealkylation sites (N-methyl/N-ethyl adjacent to an activating group) is 1. The molecule has 3 rings (SSSR count). The van der Waals surface area contributed by atoms with E-state index in [0.717, 1.165) is 22.3 Å². The number of nitrogens with zero attached hydrogens (tertiary/aromatic N) is 1. The summed E-state index contributed by atoms with van der Waals surface area (Å²) in [6.45, 7) is 3.86. The van der Waals surface area contributed by atoms with Crippen LogP contribution in [0.25, 0.3) is 0 Å². The largest absolute Gasteiger partial charge is 0.484 e. The number of ether oxygens (including phenoxy) is 1. The molecular weight excluding hydrogens is 419 g/mol. The molecule has 0 aliphatic carbocycles. The minimum absolute atomic E-state index is 0.153. The highest BCUT2D eigenvalue weighted by molar-refractivity contribution is 5.88. The number of hydrogen-bond acceptors (Lipinski definition) is 3. The van der Waals surface area contributed by atoms with Crippen LogP contribution in [0.2, 0.25) is 0 Å². The molecule has 0 unspecified atom stereocenters. The van der Waals surface area contributed by atoms with E-state index in [4.69, 9.17) is 4.74 Å². The highest BCUT2D eigenvalue weighted by atomic mass is 19.1. The van der Waals surface area contributed by atoms with Gasteiger partial charge in [-0.15, -0.1) is 0 Å². The third-order valence-corrected chi connectivity index (χ3v) is 5.34. The Bertz CT molecular complexity index is 1060.